The minimum absolute atomic E-state index is 0.118. The van der Waals surface area contributed by atoms with Gasteiger partial charge in [-0.2, -0.15) is 4.58 Å². The number of amides is 1. The Kier molecular flexibility index (Phi) is 20.9. The number of benzene rings is 2. The molecule has 0 bridgehead atoms. The minimum atomic E-state index is -0.118. The monoisotopic (exact) mass is 1430 g/mol. The lowest BCUT2D eigenvalue weighted by molar-refractivity contribution is -0.438. The molecule has 2 aliphatic heterocycles. The summed E-state index contributed by atoms with van der Waals surface area (Å²) >= 11 is 15.1. The highest BCUT2D eigenvalue weighted by Crippen LogP contribution is 2.48. The van der Waals surface area contributed by atoms with Gasteiger partial charge in [-0.1, -0.05) is 64.5 Å². The fourth-order valence-electron chi connectivity index (χ4n) is 7.86. The zero-order chi connectivity index (χ0) is 41.2. The molecule has 2 aromatic carbocycles. The van der Waals surface area contributed by atoms with E-state index in [1.54, 1.807) is 0 Å². The van der Waals surface area contributed by atoms with E-state index in [1.807, 2.05) is 0 Å². The van der Waals surface area contributed by atoms with Crippen LogP contribution in [-0.4, -0.2) is 59.9 Å². The predicted octanol–water partition coefficient (Wildman–Crippen LogP) is 13.9. The number of unbranched alkanes of at least 4 members (excludes halogenated alkanes) is 3. The fraction of sp³-hybridized carbons (Fsp3) is 0.511. The van der Waals surface area contributed by atoms with E-state index in [1.165, 1.54) is 61.8 Å². The van der Waals surface area contributed by atoms with E-state index in [0.29, 0.717) is 18.4 Å². The van der Waals surface area contributed by atoms with Crippen molar-refractivity contribution in [3.05, 3.63) is 92.9 Å². The summed E-state index contributed by atoms with van der Waals surface area (Å²) in [7, 11) is 0. The van der Waals surface area contributed by atoms with Crippen LogP contribution < -0.4 is 10.2 Å². The van der Waals surface area contributed by atoms with Crippen molar-refractivity contribution in [3.63, 3.8) is 0 Å². The first-order valence-electron chi connectivity index (χ1n) is 20.2. The van der Waals surface area contributed by atoms with E-state index in [2.05, 4.69) is 258 Å². The third-order valence-electron chi connectivity index (χ3n) is 11.2. The smallest absolute Gasteiger partial charge is 0.219 e. The average Bonchev–Trinajstić information content (AvgIpc) is 3.54. The molecule has 2 unspecified atom stereocenters. The van der Waals surface area contributed by atoms with Crippen LogP contribution in [0, 0.1) is 21.4 Å². The molecule has 1 amide bonds. The number of rotatable bonds is 20. The second kappa shape index (κ2) is 23.8. The van der Waals surface area contributed by atoms with Crippen molar-refractivity contribution in [2.75, 3.05) is 37.6 Å². The molecule has 0 saturated heterocycles. The van der Waals surface area contributed by atoms with Crippen LogP contribution in [0.3, 0.4) is 0 Å². The summed E-state index contributed by atoms with van der Waals surface area (Å²) in [6.45, 7) is 21.2. The van der Waals surface area contributed by atoms with Gasteiger partial charge in [0.2, 0.25) is 11.6 Å². The summed E-state index contributed by atoms with van der Waals surface area (Å²) in [5, 5.41) is 3.07. The molecule has 0 radical (unpaired) electrons. The van der Waals surface area contributed by atoms with Crippen molar-refractivity contribution in [3.8, 4) is 0 Å². The highest BCUT2D eigenvalue weighted by atomic mass is 127. The maximum absolute atomic E-state index is 12.3. The Morgan fingerprint density at radius 2 is 1.57 bits per heavy atom. The maximum Gasteiger partial charge on any atom is 0.219 e. The van der Waals surface area contributed by atoms with Gasteiger partial charge in [-0.3, -0.25) is 4.79 Å². The van der Waals surface area contributed by atoms with Gasteiger partial charge >= 0.3 is 0 Å². The number of carbonyl (C=O) groups is 1. The Morgan fingerprint density at radius 3 is 2.27 bits per heavy atom. The number of allylic oxidation sites excluding steroid dienone is 8. The quantitative estimate of drug-likeness (QED) is 0.0472. The molecule has 0 fully saturated rings. The van der Waals surface area contributed by atoms with Gasteiger partial charge in [-0.05, 0) is 213 Å². The van der Waals surface area contributed by atoms with Gasteiger partial charge in [-0.15, -0.1) is 0 Å². The van der Waals surface area contributed by atoms with E-state index in [-0.39, 0.29) is 11.3 Å². The third kappa shape index (κ3) is 12.2. The number of anilines is 1. The number of nitrogens with zero attached hydrogens (tertiary/aromatic N) is 3. The van der Waals surface area contributed by atoms with Gasteiger partial charge in [0, 0.05) is 89.4 Å². The zero-order valence-electron chi connectivity index (χ0n) is 34.1. The standard InChI is InChI=1S/C45H58I6N4O/c1-8-11-24-52-38(56)23-18-15-19-26-55-36-29-33(47)42(49)44(51)40(36)45(6,7)37(55)22-17-14-12-13-16-21-34-31(5)39-35(28-32(46)41(48)43(39)50)54(34)27-20-25-53(10-3)30(4)9-2/h12-14,16-17,21-22,28-31H,8-11,15,18-20,23-27H2,1-7H3/p+1. The van der Waals surface area contributed by atoms with Crippen molar-refractivity contribution in [1.82, 2.24) is 10.2 Å². The van der Waals surface area contributed by atoms with Crippen LogP contribution in [0.5, 0.6) is 0 Å². The number of fused-ring (bicyclic) bond motifs is 2. The number of halogens is 6. The molecule has 306 valence electrons. The van der Waals surface area contributed by atoms with Crippen molar-refractivity contribution in [1.29, 1.82) is 0 Å². The van der Waals surface area contributed by atoms with E-state index in [9.17, 15) is 4.79 Å². The van der Waals surface area contributed by atoms with Crippen LogP contribution in [0.2, 0.25) is 0 Å². The minimum Gasteiger partial charge on any atom is -0.356 e. The Hall–Kier alpha value is 0.680. The van der Waals surface area contributed by atoms with E-state index in [0.717, 1.165) is 71.2 Å². The van der Waals surface area contributed by atoms with E-state index >= 15 is 0 Å². The molecule has 11 heteroatoms. The zero-order valence-corrected chi connectivity index (χ0v) is 47.0. The molecular formula is C45H59I6N4O+. The Bertz CT molecular complexity index is 1860. The molecule has 2 aliphatic rings. The largest absolute Gasteiger partial charge is 0.356 e. The Labute approximate surface area is 420 Å². The molecule has 2 aromatic rings. The summed E-state index contributed by atoms with van der Waals surface area (Å²) in [5.41, 5.74) is 8.20. The third-order valence-corrected chi connectivity index (χ3v) is 21.5. The fourth-order valence-corrected chi connectivity index (χ4v) is 13.2. The number of hydrogen-bond donors (Lipinski definition) is 1. The first-order chi connectivity index (χ1) is 26.7. The normalized spacial score (nSPS) is 17.8. The first-order valence-corrected chi connectivity index (χ1v) is 26.7. The molecular weight excluding hydrogens is 1370 g/mol. The van der Waals surface area contributed by atoms with Crippen molar-refractivity contribution in [2.45, 2.75) is 117 Å². The molecule has 4 rings (SSSR count). The summed E-state index contributed by atoms with van der Waals surface area (Å²) < 4.78 is 10.6. The molecule has 2 atom stereocenters. The SMILES string of the molecule is CCCCNC(=O)CCCCC[N+]1=C(/C=C/C=C/C=C/C=C2/C(C)c3c(cc(I)c(I)c3I)N2CCCN(CC)C(C)CC)C(C)(C)c2c1cc(I)c(I)c2I. The van der Waals surface area contributed by atoms with Crippen LogP contribution >= 0.6 is 136 Å². The lowest BCUT2D eigenvalue weighted by atomic mass is 9.81. The topological polar surface area (TPSA) is 38.6 Å². The van der Waals surface area contributed by atoms with Crippen molar-refractivity contribution >= 4 is 159 Å². The number of hydrogen-bond acceptors (Lipinski definition) is 3. The van der Waals surface area contributed by atoms with Gasteiger partial charge in [0.1, 0.15) is 6.54 Å². The summed E-state index contributed by atoms with van der Waals surface area (Å²) in [5.74, 6) is 0.533. The van der Waals surface area contributed by atoms with Crippen molar-refractivity contribution in [2.24, 2.45) is 0 Å². The molecule has 0 spiro atoms. The summed E-state index contributed by atoms with van der Waals surface area (Å²) in [6, 6.07) is 5.39. The van der Waals surface area contributed by atoms with Gasteiger partial charge in [0.15, 0.2) is 5.71 Å². The second-order valence-corrected chi connectivity index (χ2v) is 21.9. The second-order valence-electron chi connectivity index (χ2n) is 15.3. The number of nitrogens with one attached hydrogen (secondary N) is 1. The summed E-state index contributed by atoms with van der Waals surface area (Å²) in [6.07, 6.45) is 23.7. The van der Waals surface area contributed by atoms with Crippen LogP contribution in [0.25, 0.3) is 0 Å². The van der Waals surface area contributed by atoms with Crippen LogP contribution in [-0.2, 0) is 10.2 Å². The lowest BCUT2D eigenvalue weighted by Crippen LogP contribution is -2.35. The average molecular weight is 1430 g/mol. The van der Waals surface area contributed by atoms with E-state index in [4.69, 9.17) is 0 Å². The molecule has 0 aliphatic carbocycles. The van der Waals surface area contributed by atoms with Crippen molar-refractivity contribution < 1.29 is 9.37 Å². The van der Waals surface area contributed by atoms with Gasteiger partial charge in [0.05, 0.1) is 11.0 Å². The Morgan fingerprint density at radius 1 is 0.893 bits per heavy atom. The highest BCUT2D eigenvalue weighted by Gasteiger charge is 2.46. The lowest BCUT2D eigenvalue weighted by Gasteiger charge is -2.29. The predicted molar refractivity (Wildman–Crippen MR) is 291 cm³/mol. The molecule has 56 heavy (non-hydrogen) atoms. The van der Waals surface area contributed by atoms with Crippen LogP contribution in [0.4, 0.5) is 11.4 Å². The first kappa shape index (κ1) is 49.3. The van der Waals surface area contributed by atoms with Gasteiger partial charge < -0.3 is 15.1 Å². The van der Waals surface area contributed by atoms with Gasteiger partial charge in [0.25, 0.3) is 0 Å². The highest BCUT2D eigenvalue weighted by molar-refractivity contribution is 14.1. The van der Waals surface area contributed by atoms with E-state index < -0.39 is 0 Å². The molecule has 2 heterocycles. The Balaban J connectivity index is 1.52. The number of carbonyl (C=O) groups excluding carboxylic acids is 1. The molecule has 0 aromatic heterocycles. The van der Waals surface area contributed by atoms with Gasteiger partial charge in [-0.25, -0.2) is 0 Å². The molecule has 0 saturated carbocycles. The maximum atomic E-state index is 12.3. The molecule has 1 N–H and O–H groups in total. The summed E-state index contributed by atoms with van der Waals surface area (Å²) in [4.78, 5) is 17.5. The van der Waals surface area contributed by atoms with Crippen LogP contribution in [0.15, 0.2) is 60.4 Å². The van der Waals surface area contributed by atoms with Crippen LogP contribution in [0.1, 0.15) is 117 Å². The molecule has 5 nitrogen and oxygen atoms in total.